The van der Waals surface area contributed by atoms with Crippen molar-refractivity contribution in [2.75, 3.05) is 25.1 Å². The lowest BCUT2D eigenvalue weighted by Crippen LogP contribution is -2.26. The van der Waals surface area contributed by atoms with Gasteiger partial charge in [-0.1, -0.05) is 11.6 Å². The predicted octanol–water partition coefficient (Wildman–Crippen LogP) is 4.66. The first-order chi connectivity index (χ1) is 12.4. The second kappa shape index (κ2) is 10.0. The molecule has 0 aliphatic heterocycles. The summed E-state index contributed by atoms with van der Waals surface area (Å²) in [5, 5.41) is 2.47. The Balaban J connectivity index is 2.20. The Hall–Kier alpha value is -1.49. The molecule has 0 aromatic heterocycles. The predicted molar refractivity (Wildman–Crippen MR) is 104 cm³/mol. The van der Waals surface area contributed by atoms with Crippen LogP contribution in [-0.4, -0.2) is 25.7 Å². The first-order valence-electron chi connectivity index (χ1n) is 7.63. The van der Waals surface area contributed by atoms with Gasteiger partial charge >= 0.3 is 0 Å². The van der Waals surface area contributed by atoms with Crippen LogP contribution in [0.15, 0.2) is 30.3 Å². The van der Waals surface area contributed by atoms with Crippen LogP contribution in [0.2, 0.25) is 5.02 Å². The number of rotatable bonds is 8. The second-order valence-electron chi connectivity index (χ2n) is 5.04. The highest BCUT2D eigenvalue weighted by atomic mass is 127. The molecule has 5 nitrogen and oxygen atoms in total. The Labute approximate surface area is 168 Å². The van der Waals surface area contributed by atoms with Crippen LogP contribution in [0.3, 0.4) is 0 Å². The minimum absolute atomic E-state index is 0.00533. The second-order valence-corrected chi connectivity index (χ2v) is 6.69. The van der Waals surface area contributed by atoms with Gasteiger partial charge in [-0.3, -0.25) is 9.63 Å². The molecular weight excluding hydrogens is 481 g/mol. The van der Waals surface area contributed by atoms with Crippen LogP contribution in [0.1, 0.15) is 17.3 Å². The highest BCUT2D eigenvalue weighted by Crippen LogP contribution is 2.28. The van der Waals surface area contributed by atoms with Crippen molar-refractivity contribution in [3.8, 4) is 0 Å². The van der Waals surface area contributed by atoms with Crippen LogP contribution in [-0.2, 0) is 9.57 Å². The summed E-state index contributed by atoms with van der Waals surface area (Å²) in [4.78, 5) is 17.3. The average molecular weight is 497 g/mol. The van der Waals surface area contributed by atoms with Crippen molar-refractivity contribution in [1.29, 1.82) is 0 Å². The first kappa shape index (κ1) is 20.8. The Morgan fingerprint density at radius 3 is 2.62 bits per heavy atom. The molecule has 140 valence electrons. The van der Waals surface area contributed by atoms with E-state index in [9.17, 15) is 13.6 Å². The van der Waals surface area contributed by atoms with Crippen molar-refractivity contribution in [3.05, 3.63) is 56.1 Å². The minimum atomic E-state index is -0.742. The zero-order chi connectivity index (χ0) is 19.1. The van der Waals surface area contributed by atoms with E-state index in [4.69, 9.17) is 21.2 Å². The maximum absolute atomic E-state index is 14.0. The largest absolute Gasteiger partial charge is 0.379 e. The summed E-state index contributed by atoms with van der Waals surface area (Å²) in [6, 6.07) is 6.64. The number of carbonyl (C=O) groups excluding carboxylic acids is 1. The summed E-state index contributed by atoms with van der Waals surface area (Å²) >= 11 is 7.74. The number of hydrogen-bond acceptors (Lipinski definition) is 4. The highest BCUT2D eigenvalue weighted by molar-refractivity contribution is 14.1. The van der Waals surface area contributed by atoms with E-state index >= 15 is 0 Å². The molecule has 0 aliphatic carbocycles. The van der Waals surface area contributed by atoms with Gasteiger partial charge in [0.2, 0.25) is 0 Å². The summed E-state index contributed by atoms with van der Waals surface area (Å²) in [7, 11) is 0. The summed E-state index contributed by atoms with van der Waals surface area (Å²) < 4.78 is 33.7. The Kier molecular flexibility index (Phi) is 8.01. The summed E-state index contributed by atoms with van der Waals surface area (Å²) in [5.41, 5.74) is 2.37. The van der Waals surface area contributed by atoms with Gasteiger partial charge < -0.3 is 10.1 Å². The molecule has 0 bridgehead atoms. The molecule has 0 unspecified atom stereocenters. The molecule has 0 aliphatic rings. The lowest BCUT2D eigenvalue weighted by molar-refractivity contribution is 0.00170. The summed E-state index contributed by atoms with van der Waals surface area (Å²) in [5.74, 6) is -1.93. The minimum Gasteiger partial charge on any atom is -0.379 e. The van der Waals surface area contributed by atoms with E-state index in [1.807, 2.05) is 29.5 Å². The van der Waals surface area contributed by atoms with E-state index < -0.39 is 17.5 Å². The smallest absolute Gasteiger partial charge is 0.277 e. The maximum atomic E-state index is 14.0. The van der Waals surface area contributed by atoms with Crippen LogP contribution in [0.4, 0.5) is 20.2 Å². The molecule has 0 fully saturated rings. The van der Waals surface area contributed by atoms with E-state index in [2.05, 4.69) is 10.8 Å². The number of ether oxygens (including phenoxy) is 1. The molecule has 0 heterocycles. The number of amides is 1. The molecule has 0 atom stereocenters. The zero-order valence-corrected chi connectivity index (χ0v) is 16.7. The van der Waals surface area contributed by atoms with Gasteiger partial charge in [-0.2, -0.15) is 0 Å². The molecule has 9 heteroatoms. The van der Waals surface area contributed by atoms with Gasteiger partial charge in [0.15, 0.2) is 0 Å². The van der Waals surface area contributed by atoms with E-state index in [-0.39, 0.29) is 28.6 Å². The number of nitrogens with one attached hydrogen (secondary N) is 2. The standard InChI is InChI=1S/C17H16ClF2IN2O3/c1-2-25-5-6-26-23-17(24)11-8-12(18)13(19)9-16(11)22-15-4-3-10(21)7-14(15)20/h3-4,7-9,22H,2,5-6H2,1H3,(H,23,24). The third-order valence-corrected chi connectivity index (χ3v) is 4.16. The normalized spacial score (nSPS) is 10.7. The molecule has 0 saturated carbocycles. The van der Waals surface area contributed by atoms with Gasteiger partial charge in [0, 0.05) is 10.2 Å². The molecule has 0 spiro atoms. The fourth-order valence-corrected chi connectivity index (χ4v) is 2.61. The zero-order valence-electron chi connectivity index (χ0n) is 13.7. The van der Waals surface area contributed by atoms with Crippen molar-refractivity contribution in [2.45, 2.75) is 6.92 Å². The number of anilines is 2. The van der Waals surface area contributed by atoms with E-state index in [0.29, 0.717) is 16.8 Å². The Bertz CT molecular complexity index is 793. The Morgan fingerprint density at radius 2 is 1.92 bits per heavy atom. The van der Waals surface area contributed by atoms with Crippen LogP contribution in [0.5, 0.6) is 0 Å². The molecule has 2 N–H and O–H groups in total. The topological polar surface area (TPSA) is 59.6 Å². The molecule has 2 aromatic carbocycles. The van der Waals surface area contributed by atoms with Crippen LogP contribution < -0.4 is 10.8 Å². The molecule has 0 radical (unpaired) electrons. The van der Waals surface area contributed by atoms with Crippen molar-refractivity contribution in [3.63, 3.8) is 0 Å². The summed E-state index contributed by atoms with van der Waals surface area (Å²) in [6.07, 6.45) is 0. The molecule has 2 aromatic rings. The van der Waals surface area contributed by atoms with E-state index in [1.54, 1.807) is 6.07 Å². The lowest BCUT2D eigenvalue weighted by atomic mass is 10.1. The fraction of sp³-hybridized carbons (Fsp3) is 0.235. The van der Waals surface area contributed by atoms with Gasteiger partial charge in [0.1, 0.15) is 11.6 Å². The Morgan fingerprint density at radius 1 is 1.15 bits per heavy atom. The molecule has 2 rings (SSSR count). The van der Waals surface area contributed by atoms with Gasteiger partial charge in [0.25, 0.3) is 5.91 Å². The maximum Gasteiger partial charge on any atom is 0.277 e. The molecular formula is C17H16ClF2IN2O3. The molecule has 0 saturated heterocycles. The van der Waals surface area contributed by atoms with Crippen molar-refractivity contribution >= 4 is 51.5 Å². The van der Waals surface area contributed by atoms with Gasteiger partial charge in [-0.25, -0.2) is 14.3 Å². The van der Waals surface area contributed by atoms with Crippen LogP contribution in [0, 0.1) is 15.2 Å². The molecule has 26 heavy (non-hydrogen) atoms. The number of hydroxylamine groups is 1. The fourth-order valence-electron chi connectivity index (χ4n) is 1.99. The quantitative estimate of drug-likeness (QED) is 0.317. The van der Waals surface area contributed by atoms with Crippen LogP contribution >= 0.6 is 34.2 Å². The monoisotopic (exact) mass is 496 g/mol. The average Bonchev–Trinajstić information content (AvgIpc) is 2.60. The number of hydrogen-bond donors (Lipinski definition) is 2. The van der Waals surface area contributed by atoms with Crippen molar-refractivity contribution in [1.82, 2.24) is 5.48 Å². The third kappa shape index (κ3) is 5.76. The van der Waals surface area contributed by atoms with Crippen LogP contribution in [0.25, 0.3) is 0 Å². The number of benzene rings is 2. The highest BCUT2D eigenvalue weighted by Gasteiger charge is 2.17. The van der Waals surface area contributed by atoms with Gasteiger partial charge in [0.05, 0.1) is 35.2 Å². The first-order valence-corrected chi connectivity index (χ1v) is 9.09. The van der Waals surface area contributed by atoms with Crippen molar-refractivity contribution < 1.29 is 23.1 Å². The van der Waals surface area contributed by atoms with Crippen molar-refractivity contribution in [2.24, 2.45) is 0 Å². The summed E-state index contributed by atoms with van der Waals surface area (Å²) in [6.45, 7) is 2.81. The molecule has 1 amide bonds. The van der Waals surface area contributed by atoms with Gasteiger partial charge in [-0.05, 0) is 59.8 Å². The van der Waals surface area contributed by atoms with E-state index in [1.165, 1.54) is 12.1 Å². The van der Waals surface area contributed by atoms with E-state index in [0.717, 1.165) is 12.1 Å². The lowest BCUT2D eigenvalue weighted by Gasteiger charge is -2.14. The van der Waals surface area contributed by atoms with Gasteiger partial charge in [-0.15, -0.1) is 0 Å². The number of carbonyl (C=O) groups is 1. The number of halogens is 4. The third-order valence-electron chi connectivity index (χ3n) is 3.20. The SMILES string of the molecule is CCOCCONC(=O)c1cc(Cl)c(F)cc1Nc1ccc(I)cc1F.